The first-order chi connectivity index (χ1) is 17.3. The summed E-state index contributed by atoms with van der Waals surface area (Å²) >= 11 is 4.55. The first kappa shape index (κ1) is 25.5. The molecule has 186 valence electrons. The lowest BCUT2D eigenvalue weighted by molar-refractivity contribution is 0.0515. The molecular formula is C25H22BrN3O6S. The van der Waals surface area contributed by atoms with Crippen molar-refractivity contribution in [2.45, 2.75) is 24.8 Å². The van der Waals surface area contributed by atoms with Gasteiger partial charge < -0.3 is 24.1 Å². The summed E-state index contributed by atoms with van der Waals surface area (Å²) in [6, 6.07) is 12.7. The number of fused-ring (bicyclic) bond motifs is 1. The molecule has 9 nitrogen and oxygen atoms in total. The van der Waals surface area contributed by atoms with Gasteiger partial charge in [0.15, 0.2) is 5.16 Å². The van der Waals surface area contributed by atoms with Crippen LogP contribution in [0, 0.1) is 0 Å². The fourth-order valence-electron chi connectivity index (χ4n) is 3.73. The number of thioether (sulfide) groups is 1. The molecule has 11 heteroatoms. The van der Waals surface area contributed by atoms with E-state index in [4.69, 9.17) is 9.47 Å². The van der Waals surface area contributed by atoms with Crippen LogP contribution in [0.2, 0.25) is 0 Å². The van der Waals surface area contributed by atoms with E-state index in [0.717, 1.165) is 5.69 Å². The number of ether oxygens (including phenoxy) is 2. The number of para-hydroxylation sites is 1. The van der Waals surface area contributed by atoms with Gasteiger partial charge in [-0.15, -0.1) is 0 Å². The Morgan fingerprint density at radius 1 is 1.11 bits per heavy atom. The minimum Gasteiger partial charge on any atom is -0.507 e. The Hall–Kier alpha value is -3.57. The number of nitrogens with one attached hydrogen (secondary N) is 1. The topological polar surface area (TPSA) is 124 Å². The summed E-state index contributed by atoms with van der Waals surface area (Å²) in [5.41, 5.74) is 1.57. The van der Waals surface area contributed by atoms with Crippen molar-refractivity contribution in [3.05, 3.63) is 80.3 Å². The molecule has 0 aliphatic carbocycles. The summed E-state index contributed by atoms with van der Waals surface area (Å²) in [5, 5.41) is 11.2. The highest BCUT2D eigenvalue weighted by molar-refractivity contribution is 9.10. The first-order valence-electron chi connectivity index (χ1n) is 11.0. The number of nitrogens with zero attached hydrogens (tertiary/aromatic N) is 2. The van der Waals surface area contributed by atoms with Crippen molar-refractivity contribution in [2.75, 3.05) is 13.2 Å². The van der Waals surface area contributed by atoms with Crippen molar-refractivity contribution in [3.8, 4) is 11.4 Å². The van der Waals surface area contributed by atoms with Crippen LogP contribution in [0.4, 0.5) is 0 Å². The van der Waals surface area contributed by atoms with Gasteiger partial charge in [0.25, 0.3) is 5.56 Å². The fourth-order valence-corrected chi connectivity index (χ4v) is 4.90. The molecule has 4 aromatic rings. The van der Waals surface area contributed by atoms with E-state index in [1.165, 1.54) is 24.0 Å². The van der Waals surface area contributed by atoms with E-state index in [2.05, 4.69) is 25.9 Å². The molecule has 0 bridgehead atoms. The number of aromatic hydroxyl groups is 1. The number of hydrogen-bond donors (Lipinski definition) is 2. The predicted molar refractivity (Wildman–Crippen MR) is 139 cm³/mol. The molecule has 2 aromatic carbocycles. The number of esters is 2. The predicted octanol–water partition coefficient (Wildman–Crippen LogP) is 4.83. The van der Waals surface area contributed by atoms with Gasteiger partial charge in [-0.1, -0.05) is 30.0 Å². The van der Waals surface area contributed by atoms with E-state index in [1.807, 2.05) is 34.9 Å². The summed E-state index contributed by atoms with van der Waals surface area (Å²) in [7, 11) is 0. The van der Waals surface area contributed by atoms with E-state index >= 15 is 0 Å². The second kappa shape index (κ2) is 11.0. The molecule has 0 amide bonds. The third-order valence-electron chi connectivity index (χ3n) is 5.24. The maximum Gasteiger partial charge on any atom is 0.345 e. The van der Waals surface area contributed by atoms with E-state index in [1.54, 1.807) is 19.9 Å². The lowest BCUT2D eigenvalue weighted by Gasteiger charge is -2.12. The fraction of sp³-hybridized carbons (Fsp3) is 0.200. The number of phenolic OH excluding ortho intramolecular Hbond substituents is 1. The van der Waals surface area contributed by atoms with Gasteiger partial charge in [-0.2, -0.15) is 0 Å². The zero-order valence-electron chi connectivity index (χ0n) is 19.4. The van der Waals surface area contributed by atoms with Gasteiger partial charge in [-0.05, 0) is 54.0 Å². The largest absolute Gasteiger partial charge is 0.507 e. The van der Waals surface area contributed by atoms with Crippen LogP contribution in [0.25, 0.3) is 16.6 Å². The van der Waals surface area contributed by atoms with Gasteiger partial charge >= 0.3 is 11.9 Å². The average molecular weight is 572 g/mol. The number of carbonyl (C=O) groups excluding carboxylic acids is 2. The molecule has 0 radical (unpaired) electrons. The van der Waals surface area contributed by atoms with Gasteiger partial charge in [0.2, 0.25) is 0 Å². The zero-order chi connectivity index (χ0) is 25.8. The van der Waals surface area contributed by atoms with Crippen molar-refractivity contribution >= 4 is 50.5 Å². The first-order valence-corrected chi connectivity index (χ1v) is 12.8. The number of benzene rings is 2. The van der Waals surface area contributed by atoms with Crippen molar-refractivity contribution in [1.82, 2.24) is 14.5 Å². The average Bonchev–Trinajstić information content (AvgIpc) is 3.16. The number of rotatable bonds is 8. The number of phenols is 1. The Morgan fingerprint density at radius 3 is 2.47 bits per heavy atom. The van der Waals surface area contributed by atoms with E-state index in [-0.39, 0.29) is 35.4 Å². The quantitative estimate of drug-likeness (QED) is 0.175. The molecule has 0 fully saturated rings. The summed E-state index contributed by atoms with van der Waals surface area (Å²) in [5.74, 6) is -1.08. The molecule has 0 saturated carbocycles. The van der Waals surface area contributed by atoms with Crippen LogP contribution in [-0.2, 0) is 15.2 Å². The molecule has 0 aliphatic heterocycles. The third kappa shape index (κ3) is 5.02. The molecule has 2 heterocycles. The van der Waals surface area contributed by atoms with Gasteiger partial charge in [0.05, 0.1) is 28.8 Å². The zero-order valence-corrected chi connectivity index (χ0v) is 21.8. The van der Waals surface area contributed by atoms with Crippen LogP contribution in [0.3, 0.4) is 0 Å². The summed E-state index contributed by atoms with van der Waals surface area (Å²) in [6.07, 6.45) is 1.17. The highest BCUT2D eigenvalue weighted by Gasteiger charge is 2.26. The Balaban J connectivity index is 1.84. The number of aromatic amines is 1. The SMILES string of the molecule is CCOC(=O)c1cnc(SCc2c(C(=O)OCC)c3cc(O)c(Br)cc3n2-c2ccccc2)[nH]c1=O. The lowest BCUT2D eigenvalue weighted by atomic mass is 10.1. The van der Waals surface area contributed by atoms with Crippen LogP contribution in [-0.4, -0.2) is 44.8 Å². The van der Waals surface area contributed by atoms with Gasteiger partial charge in [0, 0.05) is 28.7 Å². The molecule has 0 aliphatic rings. The lowest BCUT2D eigenvalue weighted by Crippen LogP contribution is -2.21. The number of halogens is 1. The molecule has 0 atom stereocenters. The van der Waals surface area contributed by atoms with Crippen molar-refractivity contribution < 1.29 is 24.2 Å². The number of carbonyl (C=O) groups is 2. The molecular weight excluding hydrogens is 550 g/mol. The van der Waals surface area contributed by atoms with Crippen LogP contribution in [0.1, 0.15) is 40.3 Å². The van der Waals surface area contributed by atoms with Crippen molar-refractivity contribution in [3.63, 3.8) is 0 Å². The Bertz CT molecular complexity index is 1500. The van der Waals surface area contributed by atoms with E-state index in [0.29, 0.717) is 26.6 Å². The summed E-state index contributed by atoms with van der Waals surface area (Å²) in [4.78, 5) is 44.2. The second-order valence-corrected chi connectivity index (χ2v) is 9.29. The minimum atomic E-state index is -0.748. The maximum absolute atomic E-state index is 13.1. The number of H-pyrrole nitrogens is 1. The molecule has 2 aromatic heterocycles. The van der Waals surface area contributed by atoms with Crippen LogP contribution < -0.4 is 5.56 Å². The maximum atomic E-state index is 13.1. The van der Waals surface area contributed by atoms with Crippen LogP contribution in [0.15, 0.2) is 63.1 Å². The van der Waals surface area contributed by atoms with E-state index < -0.39 is 17.5 Å². The molecule has 36 heavy (non-hydrogen) atoms. The third-order valence-corrected chi connectivity index (χ3v) is 6.78. The molecule has 4 rings (SSSR count). The molecule has 0 spiro atoms. The van der Waals surface area contributed by atoms with Crippen LogP contribution in [0.5, 0.6) is 5.75 Å². The van der Waals surface area contributed by atoms with Gasteiger partial charge in [0.1, 0.15) is 11.3 Å². The highest BCUT2D eigenvalue weighted by Crippen LogP contribution is 2.38. The molecule has 0 unspecified atom stereocenters. The number of hydrogen-bond acceptors (Lipinski definition) is 8. The number of aromatic nitrogens is 3. The normalized spacial score (nSPS) is 11.0. The monoisotopic (exact) mass is 571 g/mol. The summed E-state index contributed by atoms with van der Waals surface area (Å²) < 4.78 is 12.6. The van der Waals surface area contributed by atoms with Gasteiger partial charge in [-0.25, -0.2) is 14.6 Å². The standard InChI is InChI=1S/C25H22BrN3O6S/c1-3-34-23(32)16-12-27-25(28-22(16)31)36-13-19-21(24(33)35-4-2)15-10-20(30)17(26)11-18(15)29(19)14-8-6-5-7-9-14/h5-12,30H,3-4,13H2,1-2H3,(H,27,28,31). The second-order valence-electron chi connectivity index (χ2n) is 7.47. The van der Waals surface area contributed by atoms with Crippen LogP contribution >= 0.6 is 27.7 Å². The Morgan fingerprint density at radius 2 is 1.81 bits per heavy atom. The van der Waals surface area contributed by atoms with Crippen molar-refractivity contribution in [2.24, 2.45) is 0 Å². The van der Waals surface area contributed by atoms with Crippen molar-refractivity contribution in [1.29, 1.82) is 0 Å². The highest BCUT2D eigenvalue weighted by atomic mass is 79.9. The molecule has 0 saturated heterocycles. The Labute approximate surface area is 218 Å². The molecule has 2 N–H and O–H groups in total. The van der Waals surface area contributed by atoms with E-state index in [9.17, 15) is 19.5 Å². The smallest absolute Gasteiger partial charge is 0.345 e. The minimum absolute atomic E-state index is 0.0157. The van der Waals surface area contributed by atoms with Gasteiger partial charge in [-0.3, -0.25) is 4.79 Å². The summed E-state index contributed by atoms with van der Waals surface area (Å²) in [6.45, 7) is 3.68. The Kier molecular flexibility index (Phi) is 7.80.